The van der Waals surface area contributed by atoms with Crippen molar-refractivity contribution in [2.24, 2.45) is 0 Å². The number of hydrogen-bond acceptors (Lipinski definition) is 7. The van der Waals surface area contributed by atoms with Gasteiger partial charge in [-0.25, -0.2) is 0 Å². The molecule has 0 amide bonds. The fraction of sp³-hybridized carbons (Fsp3) is 0.643. The van der Waals surface area contributed by atoms with Crippen molar-refractivity contribution in [1.82, 2.24) is 0 Å². The fourth-order valence-corrected chi connectivity index (χ4v) is 2.75. The number of rotatable bonds is 22. The molecule has 8 nitrogen and oxygen atoms in total. The Kier molecular flexibility index (Phi) is 20.6. The van der Waals surface area contributed by atoms with E-state index < -0.39 is 24.3 Å². The Morgan fingerprint density at radius 2 is 1.44 bits per heavy atom. The Morgan fingerprint density at radius 1 is 0.861 bits per heavy atom. The van der Waals surface area contributed by atoms with Gasteiger partial charge >= 0.3 is 5.97 Å². The summed E-state index contributed by atoms with van der Waals surface area (Å²) >= 11 is 0. The quantitative estimate of drug-likeness (QED) is 0.0786. The van der Waals surface area contributed by atoms with Gasteiger partial charge in [0.05, 0.1) is 40.3 Å². The third-order valence-electron chi connectivity index (χ3n) is 4.82. The Labute approximate surface area is 217 Å². The molecule has 0 aromatic carbocycles. The van der Waals surface area contributed by atoms with E-state index in [1.807, 2.05) is 21.1 Å². The van der Waals surface area contributed by atoms with Crippen molar-refractivity contribution in [1.29, 1.82) is 0 Å². The molecular formula is C28H47NO7. The predicted molar refractivity (Wildman–Crippen MR) is 140 cm³/mol. The molecule has 206 valence electrons. The van der Waals surface area contributed by atoms with E-state index in [2.05, 4.69) is 55.5 Å². The molecule has 0 bridgehead atoms. The Bertz CT molecular complexity index is 693. The van der Waals surface area contributed by atoms with E-state index in [4.69, 9.17) is 14.2 Å². The number of carbonyl (C=O) groups excluding carboxylic acids is 2. The van der Waals surface area contributed by atoms with E-state index >= 15 is 0 Å². The zero-order valence-electron chi connectivity index (χ0n) is 22.6. The van der Waals surface area contributed by atoms with Gasteiger partial charge < -0.3 is 33.7 Å². The van der Waals surface area contributed by atoms with Crippen LogP contribution in [0.4, 0.5) is 0 Å². The van der Waals surface area contributed by atoms with Crippen molar-refractivity contribution >= 4 is 11.9 Å². The zero-order valence-corrected chi connectivity index (χ0v) is 22.6. The van der Waals surface area contributed by atoms with Gasteiger partial charge in [-0.3, -0.25) is 4.79 Å². The van der Waals surface area contributed by atoms with E-state index in [0.717, 1.165) is 38.5 Å². The van der Waals surface area contributed by atoms with Crippen LogP contribution in [-0.4, -0.2) is 81.4 Å². The predicted octanol–water partition coefficient (Wildman–Crippen LogP) is 3.07. The number of carbonyl (C=O) groups is 2. The van der Waals surface area contributed by atoms with Gasteiger partial charge in [0.1, 0.15) is 19.3 Å². The number of hydrogen-bond donors (Lipinski definition) is 1. The largest absolute Gasteiger partial charge is 0.545 e. The number of quaternary nitrogens is 1. The molecule has 8 heteroatoms. The topological polar surface area (TPSA) is 105 Å². The summed E-state index contributed by atoms with van der Waals surface area (Å²) in [6, 6.07) is 0. The highest BCUT2D eigenvalue weighted by Crippen LogP contribution is 2.05. The van der Waals surface area contributed by atoms with Gasteiger partial charge in [0.15, 0.2) is 6.29 Å². The first kappa shape index (κ1) is 33.7. The number of aliphatic hydroxyl groups excluding tert-OH is 1. The summed E-state index contributed by atoms with van der Waals surface area (Å²) in [5, 5.41) is 21.0. The molecule has 0 fully saturated rings. The Morgan fingerprint density at radius 3 is 2.00 bits per heavy atom. The number of carboxylic acid groups (broad SMARTS) is 1. The molecule has 0 spiro atoms. The van der Waals surface area contributed by atoms with Crippen LogP contribution < -0.4 is 5.11 Å². The van der Waals surface area contributed by atoms with Gasteiger partial charge in [-0.2, -0.15) is 0 Å². The lowest BCUT2D eigenvalue weighted by atomic mass is 10.2. The van der Waals surface area contributed by atoms with Crippen molar-refractivity contribution in [3.05, 3.63) is 48.6 Å². The molecule has 0 saturated carbocycles. The molecule has 1 N–H and O–H groups in total. The third kappa shape index (κ3) is 23.5. The van der Waals surface area contributed by atoms with Crippen molar-refractivity contribution in [3.8, 4) is 0 Å². The number of allylic oxidation sites excluding steroid dienone is 8. The third-order valence-corrected chi connectivity index (χ3v) is 4.82. The second-order valence-corrected chi connectivity index (χ2v) is 9.45. The summed E-state index contributed by atoms with van der Waals surface area (Å²) < 4.78 is 15.8. The highest BCUT2D eigenvalue weighted by molar-refractivity contribution is 5.69. The average molecular weight is 510 g/mol. The van der Waals surface area contributed by atoms with Crippen LogP contribution in [0.15, 0.2) is 48.6 Å². The molecule has 0 heterocycles. The fourth-order valence-electron chi connectivity index (χ4n) is 2.75. The summed E-state index contributed by atoms with van der Waals surface area (Å²) in [6.45, 7) is 2.25. The minimum atomic E-state index is -1.58. The minimum Gasteiger partial charge on any atom is -0.545 e. The average Bonchev–Trinajstić information content (AvgIpc) is 2.81. The normalized spacial score (nSPS) is 14.4. The first-order valence-corrected chi connectivity index (χ1v) is 12.8. The van der Waals surface area contributed by atoms with Crippen LogP contribution in [0.2, 0.25) is 0 Å². The molecule has 2 atom stereocenters. The molecule has 0 aromatic rings. The molecule has 0 aliphatic rings. The van der Waals surface area contributed by atoms with E-state index in [1.54, 1.807) is 0 Å². The summed E-state index contributed by atoms with van der Waals surface area (Å²) in [6.07, 6.45) is 21.1. The number of ether oxygens (including phenoxy) is 3. The maximum absolute atomic E-state index is 11.8. The van der Waals surface area contributed by atoms with Crippen molar-refractivity contribution in [2.45, 2.75) is 70.7 Å². The standard InChI is InChI=1S/C28H47NO7/c1-5-6-7-8-9-10-11-12-13-14-15-16-17-18-19-20-26(31)35-23-25(30)24-36-28(27(32)33)34-22-21-29(2,3)4/h6-7,9-10,12-13,15-16,25,28,30H,5,8,11,14,17-24H2,1-4H3/b7-6-,10-9-,13-12-,16-15-. The van der Waals surface area contributed by atoms with E-state index in [-0.39, 0.29) is 26.2 Å². The summed E-state index contributed by atoms with van der Waals surface area (Å²) in [7, 11) is 5.84. The van der Waals surface area contributed by atoms with Crippen LogP contribution in [0.5, 0.6) is 0 Å². The SMILES string of the molecule is CC/C=C\C/C=C\C/C=C\C/C=C\CCCCC(=O)OCC(O)COC(OCC[N+](C)(C)C)C(=O)[O-]. The van der Waals surface area contributed by atoms with Crippen LogP contribution in [0, 0.1) is 0 Å². The van der Waals surface area contributed by atoms with Gasteiger partial charge in [-0.1, -0.05) is 55.5 Å². The molecule has 36 heavy (non-hydrogen) atoms. The number of esters is 1. The molecule has 0 aliphatic carbocycles. The second-order valence-electron chi connectivity index (χ2n) is 9.45. The van der Waals surface area contributed by atoms with Crippen LogP contribution in [0.1, 0.15) is 58.3 Å². The zero-order chi connectivity index (χ0) is 27.1. The number of unbranched alkanes of at least 4 members (excludes halogenated alkanes) is 2. The number of nitrogens with zero attached hydrogens (tertiary/aromatic N) is 1. The van der Waals surface area contributed by atoms with Gasteiger partial charge in [0, 0.05) is 6.42 Å². The maximum atomic E-state index is 11.8. The number of aliphatic hydroxyl groups is 1. The summed E-state index contributed by atoms with van der Waals surface area (Å²) in [5.41, 5.74) is 0. The Balaban J connectivity index is 3.82. The molecule has 0 rings (SSSR count). The second kappa shape index (κ2) is 22.0. The van der Waals surface area contributed by atoms with Gasteiger partial charge in [0.25, 0.3) is 0 Å². The Hall–Kier alpha value is -2.26. The van der Waals surface area contributed by atoms with E-state index in [9.17, 15) is 19.8 Å². The van der Waals surface area contributed by atoms with Crippen molar-refractivity contribution in [2.75, 3.05) is 47.5 Å². The van der Waals surface area contributed by atoms with Crippen LogP contribution in [-0.2, 0) is 23.8 Å². The lowest BCUT2D eigenvalue weighted by Crippen LogP contribution is -2.44. The molecular weight excluding hydrogens is 462 g/mol. The maximum Gasteiger partial charge on any atom is 0.305 e. The molecule has 0 aromatic heterocycles. The highest BCUT2D eigenvalue weighted by atomic mass is 16.7. The molecule has 0 saturated heterocycles. The van der Waals surface area contributed by atoms with E-state index in [0.29, 0.717) is 17.4 Å². The monoisotopic (exact) mass is 509 g/mol. The van der Waals surface area contributed by atoms with Crippen LogP contribution in [0.25, 0.3) is 0 Å². The smallest absolute Gasteiger partial charge is 0.305 e. The molecule has 0 aliphatic heterocycles. The lowest BCUT2D eigenvalue weighted by Gasteiger charge is -2.26. The van der Waals surface area contributed by atoms with Crippen LogP contribution in [0.3, 0.4) is 0 Å². The lowest BCUT2D eigenvalue weighted by molar-refractivity contribution is -0.870. The van der Waals surface area contributed by atoms with Gasteiger partial charge in [-0.05, 0) is 44.9 Å². The van der Waals surface area contributed by atoms with Crippen molar-refractivity contribution in [3.63, 3.8) is 0 Å². The summed E-state index contributed by atoms with van der Waals surface area (Å²) in [5.74, 6) is -1.93. The van der Waals surface area contributed by atoms with Crippen LogP contribution >= 0.6 is 0 Å². The number of carboxylic acids is 1. The minimum absolute atomic E-state index is 0.161. The van der Waals surface area contributed by atoms with Crippen molar-refractivity contribution < 1.29 is 38.5 Å². The summed E-state index contributed by atoms with van der Waals surface area (Å²) in [4.78, 5) is 22.9. The highest BCUT2D eigenvalue weighted by Gasteiger charge is 2.17. The van der Waals surface area contributed by atoms with Gasteiger partial charge in [-0.15, -0.1) is 0 Å². The number of likely N-dealkylation sites (N-methyl/N-ethyl adjacent to an activating group) is 1. The molecule has 2 unspecified atom stereocenters. The van der Waals surface area contributed by atoms with Gasteiger partial charge in [0.2, 0.25) is 0 Å². The first-order chi connectivity index (χ1) is 17.2. The first-order valence-electron chi connectivity index (χ1n) is 12.8. The van der Waals surface area contributed by atoms with E-state index in [1.165, 1.54) is 0 Å². The number of aliphatic carboxylic acids is 1. The molecule has 0 radical (unpaired) electrons.